The Hall–Kier alpha value is -2.08. The van der Waals surface area contributed by atoms with Gasteiger partial charge in [-0.3, -0.25) is 9.63 Å². The number of nitrogens with one attached hydrogen (secondary N) is 1. The van der Waals surface area contributed by atoms with E-state index in [1.807, 2.05) is 30.3 Å². The van der Waals surface area contributed by atoms with Crippen LogP contribution in [0.25, 0.3) is 0 Å². The molecule has 1 fully saturated rings. The van der Waals surface area contributed by atoms with Gasteiger partial charge < -0.3 is 10.1 Å². The second-order valence-corrected chi connectivity index (χ2v) is 5.86. The van der Waals surface area contributed by atoms with Gasteiger partial charge in [-0.2, -0.15) is 0 Å². The summed E-state index contributed by atoms with van der Waals surface area (Å²) in [6.07, 6.45) is -0.594. The molecule has 1 aliphatic rings. The van der Waals surface area contributed by atoms with E-state index in [1.165, 1.54) is 5.06 Å². The number of hydrogen-bond acceptors (Lipinski definition) is 4. The number of benzene rings is 1. The minimum Gasteiger partial charge on any atom is -0.444 e. The molecule has 1 aliphatic heterocycles. The average molecular weight is 292 g/mol. The normalized spacial score (nSPS) is 18.1. The molecule has 0 aliphatic carbocycles. The lowest BCUT2D eigenvalue weighted by Gasteiger charge is -2.37. The smallest absolute Gasteiger partial charge is 0.408 e. The standard InChI is InChI=1S/C15H20N2O4/c1-15(2,3)21-14(19)16-12-9-17(13(12)18)20-10-11-7-5-4-6-8-11/h4-8,12H,9-10H2,1-3H3,(H,16,19)/t12-/m1/s1. The van der Waals surface area contributed by atoms with Crippen molar-refractivity contribution in [2.75, 3.05) is 6.54 Å². The Morgan fingerprint density at radius 3 is 2.57 bits per heavy atom. The van der Waals surface area contributed by atoms with Crippen LogP contribution < -0.4 is 5.32 Å². The summed E-state index contributed by atoms with van der Waals surface area (Å²) in [5.41, 5.74) is 0.397. The zero-order chi connectivity index (χ0) is 15.5. The van der Waals surface area contributed by atoms with Gasteiger partial charge >= 0.3 is 6.09 Å². The number of hydrogen-bond donors (Lipinski definition) is 1. The van der Waals surface area contributed by atoms with Crippen LogP contribution in [0.2, 0.25) is 0 Å². The van der Waals surface area contributed by atoms with Gasteiger partial charge in [0.05, 0.1) is 6.54 Å². The first-order valence-electron chi connectivity index (χ1n) is 6.83. The monoisotopic (exact) mass is 292 g/mol. The second kappa shape index (κ2) is 6.13. The van der Waals surface area contributed by atoms with Crippen LogP contribution in [0.15, 0.2) is 30.3 Å². The SMILES string of the molecule is CC(C)(C)OC(=O)N[C@@H]1CN(OCc2ccccc2)C1=O. The summed E-state index contributed by atoms with van der Waals surface area (Å²) >= 11 is 0. The van der Waals surface area contributed by atoms with E-state index in [2.05, 4.69) is 5.32 Å². The number of nitrogens with zero attached hydrogens (tertiary/aromatic N) is 1. The molecule has 1 aromatic carbocycles. The van der Waals surface area contributed by atoms with Gasteiger partial charge in [0.2, 0.25) is 0 Å². The van der Waals surface area contributed by atoms with Crippen LogP contribution in [0.4, 0.5) is 4.79 Å². The summed E-state index contributed by atoms with van der Waals surface area (Å²) in [6.45, 7) is 5.95. The van der Waals surface area contributed by atoms with Crippen LogP contribution in [0, 0.1) is 0 Å². The summed E-state index contributed by atoms with van der Waals surface area (Å²) in [6, 6.07) is 8.99. The molecule has 0 bridgehead atoms. The van der Waals surface area contributed by atoms with E-state index in [4.69, 9.17) is 9.57 Å². The van der Waals surface area contributed by atoms with Gasteiger partial charge in [0.1, 0.15) is 18.2 Å². The average Bonchev–Trinajstić information content (AvgIpc) is 2.40. The Morgan fingerprint density at radius 2 is 2.00 bits per heavy atom. The Labute approximate surface area is 124 Å². The number of alkyl carbamates (subject to hydrolysis) is 1. The third kappa shape index (κ3) is 4.46. The van der Waals surface area contributed by atoms with E-state index < -0.39 is 17.7 Å². The van der Waals surface area contributed by atoms with Crippen LogP contribution in [-0.2, 0) is 21.0 Å². The molecule has 114 valence electrons. The van der Waals surface area contributed by atoms with Crippen molar-refractivity contribution < 1.29 is 19.2 Å². The van der Waals surface area contributed by atoms with Crippen LogP contribution >= 0.6 is 0 Å². The molecule has 0 aromatic heterocycles. The first kappa shape index (κ1) is 15.3. The van der Waals surface area contributed by atoms with Gasteiger partial charge in [-0.25, -0.2) is 9.86 Å². The van der Waals surface area contributed by atoms with E-state index >= 15 is 0 Å². The minimum absolute atomic E-state index is 0.267. The molecule has 1 N–H and O–H groups in total. The lowest BCUT2D eigenvalue weighted by Crippen LogP contribution is -2.63. The highest BCUT2D eigenvalue weighted by Gasteiger charge is 2.39. The maximum absolute atomic E-state index is 11.8. The molecule has 21 heavy (non-hydrogen) atoms. The number of rotatable bonds is 4. The van der Waals surface area contributed by atoms with Crippen molar-refractivity contribution in [3.8, 4) is 0 Å². The lowest BCUT2D eigenvalue weighted by atomic mass is 10.1. The molecule has 2 rings (SSSR count). The molecular weight excluding hydrogens is 272 g/mol. The Kier molecular flexibility index (Phi) is 4.47. The van der Waals surface area contributed by atoms with Gasteiger partial charge in [0.15, 0.2) is 0 Å². The molecule has 1 aromatic rings. The van der Waals surface area contributed by atoms with Gasteiger partial charge in [-0.1, -0.05) is 30.3 Å². The maximum Gasteiger partial charge on any atom is 0.408 e. The van der Waals surface area contributed by atoms with E-state index in [-0.39, 0.29) is 5.91 Å². The molecule has 0 radical (unpaired) electrons. The van der Waals surface area contributed by atoms with Crippen molar-refractivity contribution in [1.29, 1.82) is 0 Å². The van der Waals surface area contributed by atoms with Gasteiger partial charge in [-0.05, 0) is 26.3 Å². The van der Waals surface area contributed by atoms with Crippen molar-refractivity contribution in [3.63, 3.8) is 0 Å². The topological polar surface area (TPSA) is 67.9 Å². The number of ether oxygens (including phenoxy) is 1. The molecule has 0 unspecified atom stereocenters. The molecule has 6 nitrogen and oxygen atoms in total. The van der Waals surface area contributed by atoms with Gasteiger partial charge in [0, 0.05) is 0 Å². The molecule has 2 amide bonds. The molecule has 0 spiro atoms. The predicted octanol–water partition coefficient (Wildman–Crippen LogP) is 1.85. The van der Waals surface area contributed by atoms with Crippen molar-refractivity contribution in [2.24, 2.45) is 0 Å². The fourth-order valence-electron chi connectivity index (χ4n) is 1.80. The molecule has 1 atom stereocenters. The largest absolute Gasteiger partial charge is 0.444 e. The van der Waals surface area contributed by atoms with E-state index in [0.29, 0.717) is 13.2 Å². The Bertz CT molecular complexity index is 510. The summed E-state index contributed by atoms with van der Waals surface area (Å²) in [4.78, 5) is 28.7. The Morgan fingerprint density at radius 1 is 1.33 bits per heavy atom. The molecule has 1 heterocycles. The summed E-state index contributed by atoms with van der Waals surface area (Å²) in [5.74, 6) is -0.267. The van der Waals surface area contributed by atoms with E-state index in [0.717, 1.165) is 5.56 Å². The number of carbonyl (C=O) groups excluding carboxylic acids is 2. The molecule has 0 saturated carbocycles. The van der Waals surface area contributed by atoms with Crippen molar-refractivity contribution in [2.45, 2.75) is 39.0 Å². The Balaban J connectivity index is 1.72. The van der Waals surface area contributed by atoms with Crippen molar-refractivity contribution in [3.05, 3.63) is 35.9 Å². The first-order chi connectivity index (χ1) is 9.85. The van der Waals surface area contributed by atoms with E-state index in [9.17, 15) is 9.59 Å². The van der Waals surface area contributed by atoms with Gasteiger partial charge in [0.25, 0.3) is 5.91 Å². The summed E-state index contributed by atoms with van der Waals surface area (Å²) < 4.78 is 5.10. The van der Waals surface area contributed by atoms with Crippen molar-refractivity contribution in [1.82, 2.24) is 10.4 Å². The highest BCUT2D eigenvalue weighted by Crippen LogP contribution is 2.14. The zero-order valence-corrected chi connectivity index (χ0v) is 12.5. The number of carbonyl (C=O) groups is 2. The fraction of sp³-hybridized carbons (Fsp3) is 0.467. The zero-order valence-electron chi connectivity index (χ0n) is 12.5. The van der Waals surface area contributed by atoms with Crippen LogP contribution in [0.3, 0.4) is 0 Å². The second-order valence-electron chi connectivity index (χ2n) is 5.86. The van der Waals surface area contributed by atoms with E-state index in [1.54, 1.807) is 20.8 Å². The highest BCUT2D eigenvalue weighted by molar-refractivity contribution is 5.90. The highest BCUT2D eigenvalue weighted by atomic mass is 16.7. The quantitative estimate of drug-likeness (QED) is 0.860. The summed E-state index contributed by atoms with van der Waals surface area (Å²) in [5, 5.41) is 3.76. The number of hydroxylamine groups is 2. The van der Waals surface area contributed by atoms with Gasteiger partial charge in [-0.15, -0.1) is 0 Å². The molecule has 6 heteroatoms. The lowest BCUT2D eigenvalue weighted by molar-refractivity contribution is -0.218. The third-order valence-electron chi connectivity index (χ3n) is 2.81. The minimum atomic E-state index is -0.594. The molecular formula is C15H20N2O4. The number of amides is 2. The number of β-lactam (4-membered cyclic amide) rings is 1. The summed E-state index contributed by atoms with van der Waals surface area (Å²) in [7, 11) is 0. The van der Waals surface area contributed by atoms with Crippen LogP contribution in [0.1, 0.15) is 26.3 Å². The third-order valence-corrected chi connectivity index (χ3v) is 2.81. The van der Waals surface area contributed by atoms with Crippen LogP contribution in [-0.4, -0.2) is 35.3 Å². The maximum atomic E-state index is 11.8. The predicted molar refractivity (Wildman–Crippen MR) is 76.1 cm³/mol. The fourth-order valence-corrected chi connectivity index (χ4v) is 1.80. The van der Waals surface area contributed by atoms with Crippen LogP contribution in [0.5, 0.6) is 0 Å². The first-order valence-corrected chi connectivity index (χ1v) is 6.83. The molecule has 1 saturated heterocycles. The van der Waals surface area contributed by atoms with Crippen molar-refractivity contribution >= 4 is 12.0 Å².